The number of hydrogen-bond acceptors (Lipinski definition) is 2. The fraction of sp³-hybridized carbons (Fsp3) is 0.0714. The number of carbonyl (C=O) groups is 1. The molecule has 0 aliphatic heterocycles. The number of carbonyl (C=O) groups excluding carboxylic acids is 1. The largest absolute Gasteiger partial charge is 0.417 e. The van der Waals surface area contributed by atoms with E-state index in [4.69, 9.17) is 17.3 Å². The van der Waals surface area contributed by atoms with E-state index in [1.54, 1.807) is 0 Å². The summed E-state index contributed by atoms with van der Waals surface area (Å²) in [5, 5.41) is 0.308. The minimum absolute atomic E-state index is 0.00824. The van der Waals surface area contributed by atoms with Crippen LogP contribution in [0.15, 0.2) is 42.5 Å². The Bertz CT molecular complexity index is 668. The summed E-state index contributed by atoms with van der Waals surface area (Å²) < 4.78 is 38.7. The second kappa shape index (κ2) is 5.17. The summed E-state index contributed by atoms with van der Waals surface area (Å²) >= 11 is 5.70. The van der Waals surface area contributed by atoms with E-state index in [1.807, 2.05) is 0 Å². The van der Waals surface area contributed by atoms with E-state index in [0.717, 1.165) is 12.1 Å². The summed E-state index contributed by atoms with van der Waals surface area (Å²) in [6.07, 6.45) is -4.60. The number of nitrogens with two attached hydrogens (primary N) is 1. The maximum Gasteiger partial charge on any atom is 0.417 e. The Labute approximate surface area is 118 Å². The number of anilines is 1. The van der Waals surface area contributed by atoms with E-state index in [-0.39, 0.29) is 11.3 Å². The van der Waals surface area contributed by atoms with Crippen molar-refractivity contribution in [2.24, 2.45) is 0 Å². The van der Waals surface area contributed by atoms with Crippen molar-refractivity contribution < 1.29 is 18.0 Å². The Balaban J connectivity index is 2.55. The number of alkyl halides is 3. The van der Waals surface area contributed by atoms with Gasteiger partial charge in [-0.1, -0.05) is 29.8 Å². The van der Waals surface area contributed by atoms with Crippen molar-refractivity contribution in [2.45, 2.75) is 6.18 Å². The monoisotopic (exact) mass is 299 g/mol. The molecule has 0 spiro atoms. The number of benzene rings is 2. The minimum Gasteiger partial charge on any atom is -0.398 e. The van der Waals surface area contributed by atoms with Gasteiger partial charge in [0.25, 0.3) is 0 Å². The Morgan fingerprint density at radius 3 is 2.30 bits per heavy atom. The summed E-state index contributed by atoms with van der Waals surface area (Å²) in [6, 6.07) is 8.62. The maximum absolute atomic E-state index is 12.9. The molecule has 2 N–H and O–H groups in total. The lowest BCUT2D eigenvalue weighted by Crippen LogP contribution is -2.14. The first-order valence-corrected chi connectivity index (χ1v) is 5.94. The fourth-order valence-corrected chi connectivity index (χ4v) is 1.99. The lowest BCUT2D eigenvalue weighted by molar-refractivity contribution is -0.137. The standard InChI is InChI=1S/C14H9ClF3NO/c15-8-5-6-10(12(19)7-8)13(20)9-3-1-2-4-11(9)14(16,17)18/h1-7H,19H2. The van der Waals surface area contributed by atoms with E-state index in [2.05, 4.69) is 0 Å². The van der Waals surface area contributed by atoms with Gasteiger partial charge in [-0.05, 0) is 24.3 Å². The smallest absolute Gasteiger partial charge is 0.398 e. The lowest BCUT2D eigenvalue weighted by atomic mass is 9.97. The number of nitrogen functional groups attached to an aromatic ring is 1. The Kier molecular flexibility index (Phi) is 3.72. The molecular weight excluding hydrogens is 291 g/mol. The molecule has 0 aliphatic rings. The molecule has 104 valence electrons. The molecule has 0 unspecified atom stereocenters. The molecule has 0 atom stereocenters. The van der Waals surface area contributed by atoms with Crippen LogP contribution in [0, 0.1) is 0 Å². The highest BCUT2D eigenvalue weighted by Crippen LogP contribution is 2.33. The molecule has 2 rings (SSSR count). The van der Waals surface area contributed by atoms with Crippen molar-refractivity contribution in [2.75, 3.05) is 5.73 Å². The topological polar surface area (TPSA) is 43.1 Å². The summed E-state index contributed by atoms with van der Waals surface area (Å²) in [4.78, 5) is 12.2. The zero-order chi connectivity index (χ0) is 14.9. The van der Waals surface area contributed by atoms with Gasteiger partial charge >= 0.3 is 6.18 Å². The molecule has 20 heavy (non-hydrogen) atoms. The summed E-state index contributed by atoms with van der Waals surface area (Å²) in [6.45, 7) is 0. The van der Waals surface area contributed by atoms with E-state index in [1.165, 1.54) is 30.3 Å². The quantitative estimate of drug-likeness (QED) is 0.668. The molecular formula is C14H9ClF3NO. The zero-order valence-electron chi connectivity index (χ0n) is 10.0. The van der Waals surface area contributed by atoms with Crippen LogP contribution in [-0.4, -0.2) is 5.78 Å². The average Bonchev–Trinajstić information content (AvgIpc) is 2.37. The predicted molar refractivity (Wildman–Crippen MR) is 70.7 cm³/mol. The second-order valence-electron chi connectivity index (χ2n) is 4.10. The molecule has 0 saturated heterocycles. The minimum atomic E-state index is -4.60. The molecule has 6 heteroatoms. The van der Waals surface area contributed by atoms with Gasteiger partial charge in [0.15, 0.2) is 5.78 Å². The fourth-order valence-electron chi connectivity index (χ4n) is 1.81. The summed E-state index contributed by atoms with van der Waals surface area (Å²) in [5.41, 5.74) is 4.24. The number of hydrogen-bond donors (Lipinski definition) is 1. The van der Waals surface area contributed by atoms with Crippen LogP contribution in [-0.2, 0) is 6.18 Å². The highest BCUT2D eigenvalue weighted by atomic mass is 35.5. The Morgan fingerprint density at radius 1 is 1.05 bits per heavy atom. The van der Waals surface area contributed by atoms with Crippen LogP contribution < -0.4 is 5.73 Å². The van der Waals surface area contributed by atoms with Crippen LogP contribution in [0.2, 0.25) is 5.02 Å². The van der Waals surface area contributed by atoms with Crippen molar-refractivity contribution in [3.63, 3.8) is 0 Å². The molecule has 2 aromatic carbocycles. The van der Waals surface area contributed by atoms with Crippen molar-refractivity contribution in [3.8, 4) is 0 Å². The number of halogens is 4. The van der Waals surface area contributed by atoms with Crippen LogP contribution in [0.1, 0.15) is 21.5 Å². The predicted octanol–water partition coefficient (Wildman–Crippen LogP) is 4.17. The third kappa shape index (κ3) is 2.77. The molecule has 0 aromatic heterocycles. The molecule has 0 saturated carbocycles. The van der Waals surface area contributed by atoms with Crippen molar-refractivity contribution in [3.05, 3.63) is 64.2 Å². The average molecular weight is 300 g/mol. The lowest BCUT2D eigenvalue weighted by Gasteiger charge is -2.12. The highest BCUT2D eigenvalue weighted by Gasteiger charge is 2.35. The molecule has 0 radical (unpaired) electrons. The van der Waals surface area contributed by atoms with Gasteiger partial charge in [-0.2, -0.15) is 13.2 Å². The highest BCUT2D eigenvalue weighted by molar-refractivity contribution is 6.31. The Hall–Kier alpha value is -2.01. The van der Waals surface area contributed by atoms with E-state index in [9.17, 15) is 18.0 Å². The third-order valence-corrected chi connectivity index (χ3v) is 2.97. The first-order chi connectivity index (χ1) is 9.30. The Morgan fingerprint density at radius 2 is 1.70 bits per heavy atom. The van der Waals surface area contributed by atoms with Crippen LogP contribution >= 0.6 is 11.6 Å². The van der Waals surface area contributed by atoms with Gasteiger partial charge in [0.2, 0.25) is 0 Å². The van der Waals surface area contributed by atoms with E-state index in [0.29, 0.717) is 5.02 Å². The van der Waals surface area contributed by atoms with Crippen LogP contribution in [0.25, 0.3) is 0 Å². The molecule has 2 aromatic rings. The van der Waals surface area contributed by atoms with E-state index < -0.39 is 23.1 Å². The molecule has 2 nitrogen and oxygen atoms in total. The van der Waals surface area contributed by atoms with Gasteiger partial charge in [0.05, 0.1) is 5.56 Å². The molecule has 0 aliphatic carbocycles. The van der Waals surface area contributed by atoms with Gasteiger partial charge in [0, 0.05) is 21.8 Å². The molecule has 0 fully saturated rings. The van der Waals surface area contributed by atoms with Crippen LogP contribution in [0.5, 0.6) is 0 Å². The van der Waals surface area contributed by atoms with Crippen molar-refractivity contribution in [1.29, 1.82) is 0 Å². The van der Waals surface area contributed by atoms with Crippen molar-refractivity contribution >= 4 is 23.1 Å². The number of rotatable bonds is 2. The zero-order valence-corrected chi connectivity index (χ0v) is 10.8. The SMILES string of the molecule is Nc1cc(Cl)ccc1C(=O)c1ccccc1C(F)(F)F. The normalized spacial score (nSPS) is 11.4. The van der Waals surface area contributed by atoms with Gasteiger partial charge in [-0.15, -0.1) is 0 Å². The third-order valence-electron chi connectivity index (χ3n) is 2.74. The van der Waals surface area contributed by atoms with Gasteiger partial charge in [-0.25, -0.2) is 0 Å². The summed E-state index contributed by atoms with van der Waals surface area (Å²) in [5.74, 6) is -0.785. The van der Waals surface area contributed by atoms with Gasteiger partial charge in [-0.3, -0.25) is 4.79 Å². The van der Waals surface area contributed by atoms with Gasteiger partial charge in [0.1, 0.15) is 0 Å². The first-order valence-electron chi connectivity index (χ1n) is 5.56. The maximum atomic E-state index is 12.9. The van der Waals surface area contributed by atoms with E-state index >= 15 is 0 Å². The first kappa shape index (κ1) is 14.4. The second-order valence-corrected chi connectivity index (χ2v) is 4.54. The van der Waals surface area contributed by atoms with Crippen molar-refractivity contribution in [1.82, 2.24) is 0 Å². The molecule has 0 amide bonds. The molecule has 0 bridgehead atoms. The van der Waals surface area contributed by atoms with Crippen LogP contribution in [0.4, 0.5) is 18.9 Å². The van der Waals surface area contributed by atoms with Gasteiger partial charge < -0.3 is 5.73 Å². The number of ketones is 1. The van der Waals surface area contributed by atoms with Crippen LogP contribution in [0.3, 0.4) is 0 Å². The molecule has 0 heterocycles. The summed E-state index contributed by atoms with van der Waals surface area (Å²) in [7, 11) is 0.